The van der Waals surface area contributed by atoms with Crippen molar-refractivity contribution in [3.8, 4) is 11.5 Å². The number of rotatable bonds is 9. The number of nitrogens with one attached hydrogen (secondary N) is 2. The molecule has 0 bridgehead atoms. The van der Waals surface area contributed by atoms with Crippen LogP contribution in [0.2, 0.25) is 0 Å². The molecule has 0 amide bonds. The molecule has 0 unspecified atom stereocenters. The van der Waals surface area contributed by atoms with E-state index in [-0.39, 0.29) is 21.7 Å². The van der Waals surface area contributed by atoms with Crippen molar-refractivity contribution in [3.63, 3.8) is 0 Å². The smallest absolute Gasteiger partial charge is 0.123 e. The van der Waals surface area contributed by atoms with Crippen LogP contribution in [0.25, 0.3) is 0 Å². The summed E-state index contributed by atoms with van der Waals surface area (Å²) in [6.45, 7) is 27.7. The molecule has 0 spiro atoms. The first-order valence-corrected chi connectivity index (χ1v) is 14.5. The van der Waals surface area contributed by atoms with Crippen LogP contribution >= 0.6 is 0 Å². The summed E-state index contributed by atoms with van der Waals surface area (Å²) in [7, 11) is 0. The lowest BCUT2D eigenvalue weighted by Gasteiger charge is -2.28. The van der Waals surface area contributed by atoms with E-state index in [1.54, 1.807) is 0 Å². The van der Waals surface area contributed by atoms with Gasteiger partial charge in [0, 0.05) is 46.7 Å². The first kappa shape index (κ1) is 31.9. The van der Waals surface area contributed by atoms with Gasteiger partial charge < -0.3 is 20.8 Å². The van der Waals surface area contributed by atoms with Crippen LogP contribution in [0.1, 0.15) is 131 Å². The number of benzene rings is 2. The number of hydrogen-bond donors (Lipinski definition) is 4. The topological polar surface area (TPSA) is 64.5 Å². The van der Waals surface area contributed by atoms with Crippen LogP contribution in [0.15, 0.2) is 24.3 Å². The van der Waals surface area contributed by atoms with E-state index in [4.69, 9.17) is 0 Å². The van der Waals surface area contributed by atoms with Crippen LogP contribution in [-0.4, -0.2) is 23.3 Å². The summed E-state index contributed by atoms with van der Waals surface area (Å²) in [6, 6.07) is 8.46. The summed E-state index contributed by atoms with van der Waals surface area (Å²) in [4.78, 5) is 0. The summed E-state index contributed by atoms with van der Waals surface area (Å²) in [5.74, 6) is 0.863. The zero-order valence-corrected chi connectivity index (χ0v) is 26.4. The molecule has 0 aliphatic heterocycles. The molecule has 2 aromatic rings. The minimum Gasteiger partial charge on any atom is -0.507 e. The van der Waals surface area contributed by atoms with E-state index in [0.717, 1.165) is 59.6 Å². The SMILES string of the molecule is CC(C)(C)c1cc(NCCCCCCNc2cc(C(C)(C)C)c(O)c(C(C)(C)C)c2)cc(C(C)(C)C)c1O. The maximum atomic E-state index is 10.9. The van der Waals surface area contributed by atoms with Crippen LogP contribution in [0.5, 0.6) is 11.5 Å². The fourth-order valence-electron chi connectivity index (χ4n) is 4.83. The number of unbranched alkanes of at least 4 members (excludes halogenated alkanes) is 3. The van der Waals surface area contributed by atoms with Crippen LogP contribution in [-0.2, 0) is 21.7 Å². The molecule has 0 saturated heterocycles. The summed E-state index contributed by atoms with van der Waals surface area (Å²) in [6.07, 6.45) is 4.55. The molecule has 214 valence electrons. The van der Waals surface area contributed by atoms with Crippen molar-refractivity contribution in [2.24, 2.45) is 0 Å². The molecule has 0 saturated carbocycles. The number of phenols is 2. The summed E-state index contributed by atoms with van der Waals surface area (Å²) >= 11 is 0. The van der Waals surface area contributed by atoms with Gasteiger partial charge >= 0.3 is 0 Å². The molecular weight excluding hydrogens is 468 g/mol. The average Bonchev–Trinajstić information content (AvgIpc) is 2.74. The Morgan fingerprint density at radius 2 is 0.684 bits per heavy atom. The Hall–Kier alpha value is -2.36. The van der Waals surface area contributed by atoms with Gasteiger partial charge in [-0.15, -0.1) is 0 Å². The highest BCUT2D eigenvalue weighted by molar-refractivity contribution is 5.60. The number of aromatic hydroxyl groups is 2. The Labute approximate surface area is 233 Å². The highest BCUT2D eigenvalue weighted by Gasteiger charge is 2.27. The zero-order chi connectivity index (χ0) is 29.1. The second-order valence-corrected chi connectivity index (χ2v) is 15.1. The standard InChI is InChI=1S/C34H56N2O2/c1-31(2,3)25-19-23(20-26(29(25)37)32(4,5)6)35-17-15-13-14-16-18-36-24-21-27(33(7,8)9)30(38)28(22-24)34(10,11)12/h19-22,35-38H,13-18H2,1-12H3. The maximum Gasteiger partial charge on any atom is 0.123 e. The van der Waals surface area contributed by atoms with Crippen molar-refractivity contribution in [3.05, 3.63) is 46.5 Å². The second kappa shape index (κ2) is 11.8. The molecule has 0 radical (unpaired) electrons. The van der Waals surface area contributed by atoms with Gasteiger partial charge in [0.25, 0.3) is 0 Å². The molecule has 0 fully saturated rings. The average molecular weight is 525 g/mol. The molecule has 4 nitrogen and oxygen atoms in total. The zero-order valence-electron chi connectivity index (χ0n) is 26.4. The van der Waals surface area contributed by atoms with Gasteiger partial charge in [0.2, 0.25) is 0 Å². The predicted octanol–water partition coefficient (Wildman–Crippen LogP) is 9.37. The van der Waals surface area contributed by atoms with Crippen LogP contribution < -0.4 is 10.6 Å². The summed E-state index contributed by atoms with van der Waals surface area (Å²) < 4.78 is 0. The van der Waals surface area contributed by atoms with Crippen molar-refractivity contribution in [2.45, 2.75) is 130 Å². The highest BCUT2D eigenvalue weighted by atomic mass is 16.3. The van der Waals surface area contributed by atoms with Crippen LogP contribution in [0.3, 0.4) is 0 Å². The van der Waals surface area contributed by atoms with E-state index in [0.29, 0.717) is 11.5 Å². The van der Waals surface area contributed by atoms with E-state index < -0.39 is 0 Å². The lowest BCUT2D eigenvalue weighted by Crippen LogP contribution is -2.18. The maximum absolute atomic E-state index is 10.9. The molecular formula is C34H56N2O2. The van der Waals surface area contributed by atoms with Crippen LogP contribution in [0.4, 0.5) is 11.4 Å². The third kappa shape index (κ3) is 8.58. The van der Waals surface area contributed by atoms with Crippen molar-refractivity contribution in [1.29, 1.82) is 0 Å². The molecule has 0 heterocycles. The fraction of sp³-hybridized carbons (Fsp3) is 0.647. The highest BCUT2D eigenvalue weighted by Crippen LogP contribution is 2.42. The van der Waals surface area contributed by atoms with Crippen molar-refractivity contribution >= 4 is 11.4 Å². The molecule has 0 aliphatic rings. The summed E-state index contributed by atoms with van der Waals surface area (Å²) in [5.41, 5.74) is 5.71. The minimum atomic E-state index is -0.117. The molecule has 2 aromatic carbocycles. The van der Waals surface area contributed by atoms with Crippen molar-refractivity contribution < 1.29 is 10.2 Å². The molecule has 4 heteroatoms. The van der Waals surface area contributed by atoms with Crippen LogP contribution in [0, 0.1) is 0 Å². The molecule has 0 atom stereocenters. The van der Waals surface area contributed by atoms with Gasteiger partial charge in [-0.05, 0) is 58.8 Å². The van der Waals surface area contributed by atoms with Gasteiger partial charge in [-0.1, -0.05) is 95.9 Å². The Morgan fingerprint density at radius 3 is 0.895 bits per heavy atom. The Balaban J connectivity index is 1.91. The first-order valence-electron chi connectivity index (χ1n) is 14.5. The Morgan fingerprint density at radius 1 is 0.447 bits per heavy atom. The Bertz CT molecular complexity index is 916. The van der Waals surface area contributed by atoms with E-state index in [1.165, 1.54) is 12.8 Å². The number of hydrogen-bond acceptors (Lipinski definition) is 4. The lowest BCUT2D eigenvalue weighted by molar-refractivity contribution is 0.422. The summed E-state index contributed by atoms with van der Waals surface area (Å²) in [5, 5.41) is 29.1. The van der Waals surface area contributed by atoms with E-state index in [1.807, 2.05) is 0 Å². The molecule has 0 aromatic heterocycles. The van der Waals surface area contributed by atoms with Gasteiger partial charge in [-0.2, -0.15) is 0 Å². The number of phenolic OH excluding ortho intramolecular Hbond substituents is 2. The van der Waals surface area contributed by atoms with E-state index in [9.17, 15) is 10.2 Å². The monoisotopic (exact) mass is 524 g/mol. The predicted molar refractivity (Wildman–Crippen MR) is 166 cm³/mol. The van der Waals surface area contributed by atoms with Gasteiger partial charge in [-0.25, -0.2) is 0 Å². The van der Waals surface area contributed by atoms with Gasteiger partial charge in [0.05, 0.1) is 0 Å². The quantitative estimate of drug-likeness (QED) is 0.195. The third-order valence-corrected chi connectivity index (χ3v) is 7.21. The largest absolute Gasteiger partial charge is 0.507 e. The van der Waals surface area contributed by atoms with E-state index in [2.05, 4.69) is 118 Å². The van der Waals surface area contributed by atoms with Crippen molar-refractivity contribution in [1.82, 2.24) is 0 Å². The van der Waals surface area contributed by atoms with Gasteiger partial charge in [-0.3, -0.25) is 0 Å². The minimum absolute atomic E-state index is 0.117. The lowest BCUT2D eigenvalue weighted by atomic mass is 9.79. The first-order chi connectivity index (χ1) is 17.2. The molecule has 2 rings (SSSR count). The van der Waals surface area contributed by atoms with Gasteiger partial charge in [0.15, 0.2) is 0 Å². The van der Waals surface area contributed by atoms with E-state index >= 15 is 0 Å². The fourth-order valence-corrected chi connectivity index (χ4v) is 4.83. The molecule has 0 aliphatic carbocycles. The molecule has 38 heavy (non-hydrogen) atoms. The van der Waals surface area contributed by atoms with Crippen molar-refractivity contribution in [2.75, 3.05) is 23.7 Å². The third-order valence-electron chi connectivity index (χ3n) is 7.21. The van der Waals surface area contributed by atoms with Gasteiger partial charge in [0.1, 0.15) is 11.5 Å². The second-order valence-electron chi connectivity index (χ2n) is 15.1. The Kier molecular flexibility index (Phi) is 9.89. The molecule has 4 N–H and O–H groups in total. The normalized spacial score (nSPS) is 13.1. The number of anilines is 2.